The third kappa shape index (κ3) is 4.60. The number of pyridine rings is 1. The van der Waals surface area contributed by atoms with Gasteiger partial charge in [0.05, 0.1) is 17.4 Å². The molecule has 37 heavy (non-hydrogen) atoms. The SMILES string of the molecule is Cc1cc(F)cc(C)c1-n1cc(-c2nc([C@@H]3OC(C)(C)O[C@H]3C)oc2-c2ccc(F)cc2F)ccc1=O. The maximum absolute atomic E-state index is 14.9. The molecule has 1 saturated heterocycles. The van der Waals surface area contributed by atoms with Crippen molar-refractivity contribution in [3.63, 3.8) is 0 Å². The van der Waals surface area contributed by atoms with Crippen LogP contribution in [-0.4, -0.2) is 21.4 Å². The maximum atomic E-state index is 14.9. The van der Waals surface area contributed by atoms with E-state index in [1.165, 1.54) is 28.8 Å². The Kier molecular flexibility index (Phi) is 6.08. The van der Waals surface area contributed by atoms with E-state index >= 15 is 0 Å². The third-order valence-corrected chi connectivity index (χ3v) is 6.25. The summed E-state index contributed by atoms with van der Waals surface area (Å²) in [4.78, 5) is 17.5. The number of aromatic nitrogens is 2. The first-order chi connectivity index (χ1) is 17.4. The Morgan fingerprint density at radius 1 is 0.946 bits per heavy atom. The van der Waals surface area contributed by atoms with Gasteiger partial charge in [0, 0.05) is 23.9 Å². The van der Waals surface area contributed by atoms with E-state index in [-0.39, 0.29) is 28.5 Å². The van der Waals surface area contributed by atoms with Crippen LogP contribution in [0.5, 0.6) is 0 Å². The number of benzene rings is 2. The average molecular weight is 511 g/mol. The van der Waals surface area contributed by atoms with Crippen LogP contribution in [-0.2, 0) is 9.47 Å². The number of rotatable bonds is 4. The van der Waals surface area contributed by atoms with Gasteiger partial charge in [0.1, 0.15) is 23.1 Å². The lowest BCUT2D eigenvalue weighted by Crippen LogP contribution is -2.20. The molecule has 2 atom stereocenters. The molecule has 0 N–H and O–H groups in total. The summed E-state index contributed by atoms with van der Waals surface area (Å²) in [6.07, 6.45) is 0.450. The van der Waals surface area contributed by atoms with Gasteiger partial charge in [-0.2, -0.15) is 0 Å². The lowest BCUT2D eigenvalue weighted by Gasteiger charge is -2.15. The van der Waals surface area contributed by atoms with Gasteiger partial charge in [0.2, 0.25) is 5.89 Å². The van der Waals surface area contributed by atoms with E-state index < -0.39 is 35.4 Å². The lowest BCUT2D eigenvalue weighted by molar-refractivity contribution is -0.147. The Labute approximate surface area is 211 Å². The fourth-order valence-electron chi connectivity index (χ4n) is 4.79. The number of oxazole rings is 1. The largest absolute Gasteiger partial charge is 0.437 e. The Bertz CT molecular complexity index is 1550. The highest BCUT2D eigenvalue weighted by molar-refractivity contribution is 5.77. The van der Waals surface area contributed by atoms with Crippen molar-refractivity contribution in [1.29, 1.82) is 0 Å². The van der Waals surface area contributed by atoms with Gasteiger partial charge >= 0.3 is 0 Å². The fourth-order valence-corrected chi connectivity index (χ4v) is 4.79. The smallest absolute Gasteiger partial charge is 0.255 e. The number of ether oxygens (including phenoxy) is 2. The zero-order chi connectivity index (χ0) is 26.6. The molecule has 1 aliphatic rings. The zero-order valence-electron chi connectivity index (χ0n) is 20.9. The molecule has 2 aromatic heterocycles. The van der Waals surface area contributed by atoms with E-state index in [0.717, 1.165) is 12.1 Å². The molecule has 0 aliphatic carbocycles. The quantitative estimate of drug-likeness (QED) is 0.318. The molecule has 0 unspecified atom stereocenters. The Morgan fingerprint density at radius 3 is 2.27 bits per heavy atom. The highest BCUT2D eigenvalue weighted by Gasteiger charge is 2.43. The van der Waals surface area contributed by atoms with E-state index in [1.807, 2.05) is 6.92 Å². The molecule has 0 spiro atoms. The topological polar surface area (TPSA) is 66.5 Å². The van der Waals surface area contributed by atoms with Crippen molar-refractivity contribution < 1.29 is 27.1 Å². The molecule has 3 heterocycles. The molecule has 192 valence electrons. The number of hydrogen-bond acceptors (Lipinski definition) is 5. The Hall–Kier alpha value is -3.69. The first kappa shape index (κ1) is 25.0. The van der Waals surface area contributed by atoms with E-state index in [1.54, 1.807) is 40.0 Å². The zero-order valence-corrected chi connectivity index (χ0v) is 20.9. The molecule has 1 fully saturated rings. The second-order valence-corrected chi connectivity index (χ2v) is 9.63. The highest BCUT2D eigenvalue weighted by Crippen LogP contribution is 2.42. The Balaban J connectivity index is 1.71. The third-order valence-electron chi connectivity index (χ3n) is 6.25. The van der Waals surface area contributed by atoms with Crippen LogP contribution < -0.4 is 5.56 Å². The summed E-state index contributed by atoms with van der Waals surface area (Å²) in [6, 6.07) is 8.72. The number of halogens is 3. The minimum absolute atomic E-state index is 0.00660. The number of aryl methyl sites for hydroxylation is 2. The van der Waals surface area contributed by atoms with Crippen molar-refractivity contribution in [3.8, 4) is 28.3 Å². The van der Waals surface area contributed by atoms with E-state index in [2.05, 4.69) is 4.98 Å². The number of nitrogens with zero attached hydrogens (tertiary/aromatic N) is 2. The maximum Gasteiger partial charge on any atom is 0.255 e. The molecule has 6 nitrogen and oxygen atoms in total. The molecule has 0 bridgehead atoms. The molecule has 0 radical (unpaired) electrons. The molecule has 0 amide bonds. The predicted molar refractivity (Wildman–Crippen MR) is 131 cm³/mol. The van der Waals surface area contributed by atoms with Gasteiger partial charge in [-0.3, -0.25) is 9.36 Å². The normalized spacial score (nSPS) is 18.9. The molecular weight excluding hydrogens is 485 g/mol. The molecular formula is C28H25F3N2O4. The van der Waals surface area contributed by atoms with Crippen molar-refractivity contribution in [2.75, 3.05) is 0 Å². The van der Waals surface area contributed by atoms with Crippen LogP contribution in [0, 0.1) is 31.3 Å². The van der Waals surface area contributed by atoms with Gasteiger partial charge in [-0.25, -0.2) is 18.2 Å². The Morgan fingerprint density at radius 2 is 1.65 bits per heavy atom. The summed E-state index contributed by atoms with van der Waals surface area (Å²) in [5.74, 6) is -2.66. The fraction of sp³-hybridized carbons (Fsp3) is 0.286. The van der Waals surface area contributed by atoms with E-state index in [0.29, 0.717) is 22.4 Å². The van der Waals surface area contributed by atoms with E-state index in [9.17, 15) is 18.0 Å². The van der Waals surface area contributed by atoms with Gasteiger partial charge in [-0.15, -0.1) is 0 Å². The minimum atomic E-state index is -0.884. The van der Waals surface area contributed by atoms with Crippen molar-refractivity contribution in [2.24, 2.45) is 0 Å². The summed E-state index contributed by atoms with van der Waals surface area (Å²) >= 11 is 0. The van der Waals surface area contributed by atoms with Crippen LogP contribution in [0.15, 0.2) is 57.9 Å². The van der Waals surface area contributed by atoms with Crippen LogP contribution in [0.2, 0.25) is 0 Å². The van der Waals surface area contributed by atoms with Crippen LogP contribution in [0.4, 0.5) is 13.2 Å². The van der Waals surface area contributed by atoms with E-state index in [4.69, 9.17) is 13.9 Å². The summed E-state index contributed by atoms with van der Waals surface area (Å²) in [7, 11) is 0. The molecule has 2 aromatic carbocycles. The highest BCUT2D eigenvalue weighted by atomic mass is 19.1. The average Bonchev–Trinajstić information content (AvgIpc) is 3.34. The monoisotopic (exact) mass is 510 g/mol. The van der Waals surface area contributed by atoms with Crippen LogP contribution in [0.3, 0.4) is 0 Å². The second-order valence-electron chi connectivity index (χ2n) is 9.63. The van der Waals surface area contributed by atoms with Crippen LogP contribution in [0.1, 0.15) is 43.9 Å². The summed E-state index contributed by atoms with van der Waals surface area (Å²) in [5.41, 5.74) is 1.96. The van der Waals surface area contributed by atoms with Crippen molar-refractivity contribution in [2.45, 2.75) is 52.6 Å². The minimum Gasteiger partial charge on any atom is -0.437 e. The molecule has 9 heteroatoms. The van der Waals surface area contributed by atoms with Crippen molar-refractivity contribution >= 4 is 0 Å². The first-order valence-corrected chi connectivity index (χ1v) is 11.8. The van der Waals surface area contributed by atoms with Gasteiger partial charge in [0.25, 0.3) is 5.56 Å². The molecule has 1 aliphatic heterocycles. The summed E-state index contributed by atoms with van der Waals surface area (Å²) in [5, 5.41) is 0. The molecule has 0 saturated carbocycles. The second kappa shape index (κ2) is 9.00. The standard InChI is InChI=1S/C28H25F3N2O4/c1-14-10-19(30)11-15(2)24(14)33-13-17(6-9-22(33)34)23-26(20-8-7-18(29)12-21(20)31)35-27(32-23)25-16(3)36-28(4,5)37-25/h6-13,16,25H,1-5H3/t16-,25+/m0/s1. The summed E-state index contributed by atoms with van der Waals surface area (Å²) < 4.78 is 61.7. The lowest BCUT2D eigenvalue weighted by atomic mass is 10.1. The first-order valence-electron chi connectivity index (χ1n) is 11.8. The summed E-state index contributed by atoms with van der Waals surface area (Å²) in [6.45, 7) is 8.74. The van der Waals surface area contributed by atoms with Gasteiger partial charge in [0.15, 0.2) is 17.7 Å². The number of hydrogen-bond donors (Lipinski definition) is 0. The molecule has 4 aromatic rings. The van der Waals surface area contributed by atoms with Crippen molar-refractivity contribution in [3.05, 3.63) is 93.5 Å². The predicted octanol–water partition coefficient (Wildman–Crippen LogP) is 6.41. The van der Waals surface area contributed by atoms with Crippen LogP contribution in [0.25, 0.3) is 28.3 Å². The molecule has 5 rings (SSSR count). The van der Waals surface area contributed by atoms with Gasteiger partial charge < -0.3 is 13.9 Å². The van der Waals surface area contributed by atoms with Crippen molar-refractivity contribution in [1.82, 2.24) is 9.55 Å². The van der Waals surface area contributed by atoms with Gasteiger partial charge in [-0.1, -0.05) is 0 Å². The van der Waals surface area contributed by atoms with Gasteiger partial charge in [-0.05, 0) is 76.1 Å². The van der Waals surface area contributed by atoms with Crippen LogP contribution >= 0.6 is 0 Å².